The second-order valence-electron chi connectivity index (χ2n) is 6.48. The average molecular weight is 465 g/mol. The standard InChI is InChI=1S/C18H20Cl3N3O5/c1-4-18(5-2)16(27)24(17(28)23-18)8-14(25)29-9(3)15(26)22-13-7-11(20)10(19)6-12(13)21/h6-7,9H,4-5,8H2,1-3H3,(H,22,26)(H,23,28). The lowest BCUT2D eigenvalue weighted by Gasteiger charge is -2.23. The van der Waals surface area contributed by atoms with Crippen molar-refractivity contribution in [2.24, 2.45) is 0 Å². The van der Waals surface area contributed by atoms with Gasteiger partial charge in [-0.2, -0.15) is 0 Å². The third-order valence-corrected chi connectivity index (χ3v) is 5.72. The predicted molar refractivity (Wildman–Crippen MR) is 109 cm³/mol. The van der Waals surface area contributed by atoms with Crippen LogP contribution in [0.5, 0.6) is 0 Å². The molecule has 1 heterocycles. The summed E-state index contributed by atoms with van der Waals surface area (Å²) < 4.78 is 5.05. The van der Waals surface area contributed by atoms with Crippen molar-refractivity contribution in [2.75, 3.05) is 11.9 Å². The highest BCUT2D eigenvalue weighted by Crippen LogP contribution is 2.32. The highest BCUT2D eigenvalue weighted by Gasteiger charge is 2.49. The van der Waals surface area contributed by atoms with Crippen LogP contribution < -0.4 is 10.6 Å². The van der Waals surface area contributed by atoms with E-state index in [-0.39, 0.29) is 20.8 Å². The van der Waals surface area contributed by atoms with Crippen LogP contribution in [0.1, 0.15) is 33.6 Å². The Balaban J connectivity index is 1.98. The van der Waals surface area contributed by atoms with Crippen molar-refractivity contribution in [1.82, 2.24) is 10.2 Å². The Hall–Kier alpha value is -2.03. The van der Waals surface area contributed by atoms with Gasteiger partial charge in [-0.05, 0) is 31.9 Å². The molecule has 1 aliphatic rings. The fourth-order valence-corrected chi connectivity index (χ4v) is 3.41. The van der Waals surface area contributed by atoms with Gasteiger partial charge in [-0.15, -0.1) is 0 Å². The maximum atomic E-state index is 12.5. The first kappa shape index (κ1) is 23.3. The van der Waals surface area contributed by atoms with E-state index < -0.39 is 42.0 Å². The molecule has 0 saturated carbocycles. The van der Waals surface area contributed by atoms with E-state index in [1.165, 1.54) is 19.1 Å². The number of esters is 1. The highest BCUT2D eigenvalue weighted by molar-refractivity contribution is 6.44. The van der Waals surface area contributed by atoms with Crippen LogP contribution >= 0.6 is 34.8 Å². The second kappa shape index (κ2) is 9.19. The van der Waals surface area contributed by atoms with E-state index in [4.69, 9.17) is 39.5 Å². The number of halogens is 3. The van der Waals surface area contributed by atoms with Gasteiger partial charge in [0, 0.05) is 0 Å². The number of imide groups is 1. The van der Waals surface area contributed by atoms with Gasteiger partial charge in [-0.3, -0.25) is 19.3 Å². The smallest absolute Gasteiger partial charge is 0.327 e. The van der Waals surface area contributed by atoms with E-state index in [1.807, 2.05) is 0 Å². The van der Waals surface area contributed by atoms with Crippen LogP contribution in [0.2, 0.25) is 15.1 Å². The number of hydrogen-bond donors (Lipinski definition) is 2. The van der Waals surface area contributed by atoms with Crippen molar-refractivity contribution >= 4 is 64.3 Å². The van der Waals surface area contributed by atoms with Crippen LogP contribution in [0, 0.1) is 0 Å². The summed E-state index contributed by atoms with van der Waals surface area (Å²) in [6.45, 7) is 4.28. The van der Waals surface area contributed by atoms with Crippen LogP contribution in [-0.2, 0) is 19.1 Å². The van der Waals surface area contributed by atoms with Crippen molar-refractivity contribution < 1.29 is 23.9 Å². The largest absolute Gasteiger partial charge is 0.451 e. The summed E-state index contributed by atoms with van der Waals surface area (Å²) in [5, 5.41) is 5.64. The van der Waals surface area contributed by atoms with Crippen molar-refractivity contribution in [3.05, 3.63) is 27.2 Å². The molecule has 1 aliphatic heterocycles. The van der Waals surface area contributed by atoms with Gasteiger partial charge in [0.05, 0.1) is 20.8 Å². The van der Waals surface area contributed by atoms with Crippen molar-refractivity contribution in [1.29, 1.82) is 0 Å². The lowest BCUT2D eigenvalue weighted by molar-refractivity contribution is -0.155. The van der Waals surface area contributed by atoms with Crippen molar-refractivity contribution in [3.63, 3.8) is 0 Å². The molecule has 8 nitrogen and oxygen atoms in total. The molecule has 29 heavy (non-hydrogen) atoms. The maximum absolute atomic E-state index is 12.5. The van der Waals surface area contributed by atoms with E-state index in [0.717, 1.165) is 4.90 Å². The number of urea groups is 1. The van der Waals surface area contributed by atoms with Gasteiger partial charge in [0.2, 0.25) is 0 Å². The Labute approximate surface area is 182 Å². The summed E-state index contributed by atoms with van der Waals surface area (Å²) in [6.07, 6.45) is -0.429. The number of hydrogen-bond acceptors (Lipinski definition) is 5. The maximum Gasteiger partial charge on any atom is 0.327 e. The minimum atomic E-state index is -1.21. The summed E-state index contributed by atoms with van der Waals surface area (Å²) in [5.41, 5.74) is -0.830. The fraction of sp³-hybridized carbons (Fsp3) is 0.444. The summed E-state index contributed by atoms with van der Waals surface area (Å²) >= 11 is 17.7. The molecule has 11 heteroatoms. The molecule has 0 spiro atoms. The summed E-state index contributed by atoms with van der Waals surface area (Å²) in [6, 6.07) is 2.06. The Bertz CT molecular complexity index is 857. The zero-order chi connectivity index (χ0) is 21.9. The van der Waals surface area contributed by atoms with Gasteiger partial charge in [0.1, 0.15) is 12.1 Å². The molecule has 0 radical (unpaired) electrons. The normalized spacial score (nSPS) is 16.4. The molecular formula is C18H20Cl3N3O5. The molecule has 4 amide bonds. The molecule has 2 N–H and O–H groups in total. The van der Waals surface area contributed by atoms with E-state index in [1.54, 1.807) is 13.8 Å². The first-order valence-corrected chi connectivity index (χ1v) is 9.97. The van der Waals surface area contributed by atoms with Gasteiger partial charge in [-0.25, -0.2) is 4.79 Å². The molecule has 1 aromatic carbocycles. The van der Waals surface area contributed by atoms with Crippen molar-refractivity contribution in [2.45, 2.75) is 45.3 Å². The summed E-state index contributed by atoms with van der Waals surface area (Å²) in [5.74, 6) is -2.07. The van der Waals surface area contributed by atoms with Gasteiger partial charge in [0.15, 0.2) is 6.10 Å². The number of nitrogens with zero attached hydrogens (tertiary/aromatic N) is 1. The third-order valence-electron chi connectivity index (χ3n) is 4.69. The van der Waals surface area contributed by atoms with Crippen LogP contribution in [0.25, 0.3) is 0 Å². The molecule has 1 fully saturated rings. The molecule has 0 aromatic heterocycles. The topological polar surface area (TPSA) is 105 Å². The van der Waals surface area contributed by atoms with E-state index in [0.29, 0.717) is 12.8 Å². The Kier molecular flexibility index (Phi) is 7.37. The number of carbonyl (C=O) groups is 4. The highest BCUT2D eigenvalue weighted by atomic mass is 35.5. The lowest BCUT2D eigenvalue weighted by atomic mass is 9.93. The minimum absolute atomic E-state index is 0.154. The quantitative estimate of drug-likeness (QED) is 0.364. The fourth-order valence-electron chi connectivity index (χ4n) is 2.82. The zero-order valence-electron chi connectivity index (χ0n) is 16.0. The van der Waals surface area contributed by atoms with Crippen LogP contribution in [0.4, 0.5) is 10.5 Å². The minimum Gasteiger partial charge on any atom is -0.451 e. The molecule has 158 valence electrons. The molecular weight excluding hydrogens is 445 g/mol. The molecule has 0 aliphatic carbocycles. The van der Waals surface area contributed by atoms with Gasteiger partial charge >= 0.3 is 12.0 Å². The van der Waals surface area contributed by atoms with E-state index in [9.17, 15) is 19.2 Å². The van der Waals surface area contributed by atoms with Crippen LogP contribution in [-0.4, -0.2) is 46.9 Å². The molecule has 1 saturated heterocycles. The first-order chi connectivity index (χ1) is 13.5. The van der Waals surface area contributed by atoms with E-state index in [2.05, 4.69) is 10.6 Å². The van der Waals surface area contributed by atoms with Gasteiger partial charge < -0.3 is 15.4 Å². The van der Waals surface area contributed by atoms with Gasteiger partial charge in [-0.1, -0.05) is 48.7 Å². The van der Waals surface area contributed by atoms with E-state index >= 15 is 0 Å². The number of carbonyl (C=O) groups excluding carboxylic acids is 4. The number of amides is 4. The lowest BCUT2D eigenvalue weighted by Crippen LogP contribution is -2.46. The summed E-state index contributed by atoms with van der Waals surface area (Å²) in [4.78, 5) is 49.8. The molecule has 1 unspecified atom stereocenters. The number of nitrogens with one attached hydrogen (secondary N) is 2. The monoisotopic (exact) mass is 463 g/mol. The van der Waals surface area contributed by atoms with Crippen LogP contribution in [0.15, 0.2) is 12.1 Å². The Morgan fingerprint density at radius 3 is 2.28 bits per heavy atom. The van der Waals surface area contributed by atoms with Crippen molar-refractivity contribution in [3.8, 4) is 0 Å². The zero-order valence-corrected chi connectivity index (χ0v) is 18.2. The Morgan fingerprint density at radius 2 is 1.72 bits per heavy atom. The number of anilines is 1. The Morgan fingerprint density at radius 1 is 1.14 bits per heavy atom. The number of ether oxygens (including phenoxy) is 1. The first-order valence-electron chi connectivity index (χ1n) is 8.83. The summed E-state index contributed by atoms with van der Waals surface area (Å²) in [7, 11) is 0. The van der Waals surface area contributed by atoms with Crippen LogP contribution in [0.3, 0.4) is 0 Å². The predicted octanol–water partition coefficient (Wildman–Crippen LogP) is 3.63. The molecule has 0 bridgehead atoms. The third kappa shape index (κ3) is 4.94. The average Bonchev–Trinajstić information content (AvgIpc) is 2.90. The number of benzene rings is 1. The second-order valence-corrected chi connectivity index (χ2v) is 7.70. The number of rotatable bonds is 7. The molecule has 2 rings (SSSR count). The van der Waals surface area contributed by atoms with Gasteiger partial charge in [0.25, 0.3) is 11.8 Å². The molecule has 1 aromatic rings. The molecule has 1 atom stereocenters. The SMILES string of the molecule is CCC1(CC)NC(=O)N(CC(=O)OC(C)C(=O)Nc2cc(Cl)c(Cl)cc2Cl)C1=O.